The van der Waals surface area contributed by atoms with E-state index in [1.54, 1.807) is 42.0 Å². The van der Waals surface area contributed by atoms with Crippen molar-refractivity contribution in [3.63, 3.8) is 0 Å². The predicted molar refractivity (Wildman–Crippen MR) is 104 cm³/mol. The highest BCUT2D eigenvalue weighted by Crippen LogP contribution is 2.24. The van der Waals surface area contributed by atoms with E-state index in [0.717, 1.165) is 16.0 Å². The quantitative estimate of drug-likeness (QED) is 0.717. The van der Waals surface area contributed by atoms with Gasteiger partial charge in [0.25, 0.3) is 5.91 Å². The van der Waals surface area contributed by atoms with E-state index >= 15 is 0 Å². The summed E-state index contributed by atoms with van der Waals surface area (Å²) in [4.78, 5) is 24.2. The molecule has 7 heteroatoms. The predicted octanol–water partition coefficient (Wildman–Crippen LogP) is 3.67. The molecule has 1 aromatic heterocycles. The summed E-state index contributed by atoms with van der Waals surface area (Å²) in [7, 11) is 1.59. The molecule has 1 amide bonds. The van der Waals surface area contributed by atoms with Crippen LogP contribution in [0.15, 0.2) is 47.3 Å². The van der Waals surface area contributed by atoms with Crippen LogP contribution in [0.1, 0.15) is 19.9 Å². The van der Waals surface area contributed by atoms with Crippen LogP contribution in [0.3, 0.4) is 0 Å². The molecule has 0 saturated carbocycles. The average molecular weight is 372 g/mol. The first-order valence-electron chi connectivity index (χ1n) is 8.19. The monoisotopic (exact) mass is 372 g/mol. The molecule has 0 aliphatic carbocycles. The number of anilines is 1. The molecule has 0 radical (unpaired) electrons. The third-order valence-electron chi connectivity index (χ3n) is 3.84. The lowest BCUT2D eigenvalue weighted by Gasteiger charge is -2.09. The van der Waals surface area contributed by atoms with Crippen LogP contribution >= 0.6 is 11.3 Å². The van der Waals surface area contributed by atoms with Crippen LogP contribution in [0.4, 0.5) is 5.69 Å². The Morgan fingerprint density at radius 2 is 1.85 bits per heavy atom. The van der Waals surface area contributed by atoms with Crippen molar-refractivity contribution in [1.29, 1.82) is 0 Å². The van der Waals surface area contributed by atoms with Gasteiger partial charge in [-0.1, -0.05) is 11.3 Å². The molecule has 26 heavy (non-hydrogen) atoms. The van der Waals surface area contributed by atoms with E-state index in [-0.39, 0.29) is 23.4 Å². The summed E-state index contributed by atoms with van der Waals surface area (Å²) in [6, 6.07) is 12.6. The second-order valence-corrected chi connectivity index (χ2v) is 7.02. The van der Waals surface area contributed by atoms with E-state index in [1.165, 1.54) is 11.3 Å². The number of nitrogens with zero attached hydrogens (tertiary/aromatic N) is 1. The maximum Gasteiger partial charge on any atom is 0.308 e. The number of methoxy groups -OCH3 is 1. The number of rotatable bonds is 6. The van der Waals surface area contributed by atoms with E-state index in [2.05, 4.69) is 5.32 Å². The number of aromatic nitrogens is 1. The lowest BCUT2D eigenvalue weighted by molar-refractivity contribution is -0.118. The number of fused-ring (bicyclic) bond motifs is 1. The summed E-state index contributed by atoms with van der Waals surface area (Å²) in [6.45, 7) is 3.84. The van der Waals surface area contributed by atoms with Gasteiger partial charge in [0.15, 0.2) is 6.61 Å². The molecule has 0 aliphatic rings. The molecule has 0 bridgehead atoms. The van der Waals surface area contributed by atoms with Crippen molar-refractivity contribution < 1.29 is 14.3 Å². The van der Waals surface area contributed by atoms with E-state index in [9.17, 15) is 9.59 Å². The number of benzene rings is 2. The highest BCUT2D eigenvalue weighted by Gasteiger charge is 2.11. The summed E-state index contributed by atoms with van der Waals surface area (Å²) < 4.78 is 13.1. The van der Waals surface area contributed by atoms with Crippen LogP contribution in [0.5, 0.6) is 11.5 Å². The number of thiazole rings is 1. The molecule has 2 aromatic carbocycles. The first-order valence-corrected chi connectivity index (χ1v) is 9.01. The number of hydrogen-bond donors (Lipinski definition) is 1. The van der Waals surface area contributed by atoms with Gasteiger partial charge in [0.1, 0.15) is 11.5 Å². The summed E-state index contributed by atoms with van der Waals surface area (Å²) in [6.07, 6.45) is 0. The third kappa shape index (κ3) is 3.88. The second kappa shape index (κ2) is 7.61. The van der Waals surface area contributed by atoms with Crippen LogP contribution in [0, 0.1) is 0 Å². The maximum atomic E-state index is 12.1. The lowest BCUT2D eigenvalue weighted by Crippen LogP contribution is -2.20. The van der Waals surface area contributed by atoms with E-state index in [1.807, 2.05) is 26.0 Å². The van der Waals surface area contributed by atoms with Crippen molar-refractivity contribution in [2.24, 2.45) is 0 Å². The van der Waals surface area contributed by atoms with Gasteiger partial charge >= 0.3 is 4.87 Å². The molecule has 6 nitrogen and oxygen atoms in total. The molecule has 1 heterocycles. The highest BCUT2D eigenvalue weighted by atomic mass is 32.1. The van der Waals surface area contributed by atoms with Gasteiger partial charge in [-0.3, -0.25) is 14.2 Å². The van der Waals surface area contributed by atoms with Gasteiger partial charge < -0.3 is 14.8 Å². The zero-order chi connectivity index (χ0) is 18.7. The summed E-state index contributed by atoms with van der Waals surface area (Å²) in [5.41, 5.74) is 1.51. The fraction of sp³-hybridized carbons (Fsp3) is 0.263. The van der Waals surface area contributed by atoms with Gasteiger partial charge in [-0.2, -0.15) is 0 Å². The number of ether oxygens (including phenoxy) is 2. The standard InChI is InChI=1S/C19H20N2O4S/c1-12(2)21-16-9-4-13(10-17(16)26-19(21)23)20-18(22)11-25-15-7-5-14(24-3)6-8-15/h4-10,12H,11H2,1-3H3,(H,20,22). The van der Waals surface area contributed by atoms with Crippen molar-refractivity contribution in [2.45, 2.75) is 19.9 Å². The largest absolute Gasteiger partial charge is 0.497 e. The molecule has 0 unspecified atom stereocenters. The topological polar surface area (TPSA) is 69.6 Å². The minimum absolute atomic E-state index is 0.00122. The second-order valence-electron chi connectivity index (χ2n) is 6.03. The van der Waals surface area contributed by atoms with E-state index < -0.39 is 0 Å². The minimum atomic E-state index is -0.268. The first-order chi connectivity index (χ1) is 12.5. The fourth-order valence-corrected chi connectivity index (χ4v) is 3.67. The van der Waals surface area contributed by atoms with Gasteiger partial charge in [-0.05, 0) is 56.3 Å². The Hall–Kier alpha value is -2.80. The van der Waals surface area contributed by atoms with E-state index in [0.29, 0.717) is 11.4 Å². The first kappa shape index (κ1) is 18.0. The molecule has 0 atom stereocenters. The van der Waals surface area contributed by atoms with Gasteiger partial charge in [0.05, 0.1) is 17.3 Å². The average Bonchev–Trinajstić information content (AvgIpc) is 2.95. The molecule has 0 fully saturated rings. The smallest absolute Gasteiger partial charge is 0.308 e. The molecule has 0 saturated heterocycles. The SMILES string of the molecule is COc1ccc(OCC(=O)Nc2ccc3c(c2)sc(=O)n3C(C)C)cc1. The van der Waals surface area contributed by atoms with Crippen LogP contribution in [-0.2, 0) is 4.79 Å². The molecule has 0 aliphatic heterocycles. The van der Waals surface area contributed by atoms with Crippen molar-refractivity contribution in [3.8, 4) is 11.5 Å². The van der Waals surface area contributed by atoms with Gasteiger partial charge in [-0.25, -0.2) is 0 Å². The van der Waals surface area contributed by atoms with Crippen LogP contribution in [0.2, 0.25) is 0 Å². The molecule has 3 aromatic rings. The van der Waals surface area contributed by atoms with Crippen molar-refractivity contribution in [3.05, 3.63) is 52.1 Å². The lowest BCUT2D eigenvalue weighted by atomic mass is 10.2. The van der Waals surface area contributed by atoms with Crippen LogP contribution in [0.25, 0.3) is 10.2 Å². The summed E-state index contributed by atoms with van der Waals surface area (Å²) >= 11 is 1.18. The summed E-state index contributed by atoms with van der Waals surface area (Å²) in [5.74, 6) is 1.04. The molecule has 1 N–H and O–H groups in total. The van der Waals surface area contributed by atoms with E-state index in [4.69, 9.17) is 9.47 Å². The molecular formula is C19H20N2O4S. The maximum absolute atomic E-state index is 12.1. The number of amides is 1. The fourth-order valence-electron chi connectivity index (χ4n) is 2.62. The van der Waals surface area contributed by atoms with Crippen molar-refractivity contribution >= 4 is 33.1 Å². The Balaban J connectivity index is 1.66. The number of nitrogens with one attached hydrogen (secondary N) is 1. The zero-order valence-corrected chi connectivity index (χ0v) is 15.6. The Kier molecular flexibility index (Phi) is 5.27. The molecule has 3 rings (SSSR count). The van der Waals surface area contributed by atoms with Gasteiger partial charge in [0.2, 0.25) is 0 Å². The Morgan fingerprint density at radius 3 is 2.50 bits per heavy atom. The van der Waals surface area contributed by atoms with Crippen molar-refractivity contribution in [1.82, 2.24) is 4.57 Å². The summed E-state index contributed by atoms with van der Waals surface area (Å²) in [5, 5.41) is 2.79. The normalized spacial score (nSPS) is 10.9. The third-order valence-corrected chi connectivity index (χ3v) is 4.76. The van der Waals surface area contributed by atoms with Gasteiger partial charge in [0, 0.05) is 11.7 Å². The Bertz CT molecular complexity index is 973. The van der Waals surface area contributed by atoms with Crippen molar-refractivity contribution in [2.75, 3.05) is 19.0 Å². The van der Waals surface area contributed by atoms with Crippen LogP contribution in [-0.4, -0.2) is 24.2 Å². The number of carbonyl (C=O) groups is 1. The van der Waals surface area contributed by atoms with Crippen LogP contribution < -0.4 is 19.7 Å². The molecule has 136 valence electrons. The molecular weight excluding hydrogens is 352 g/mol. The number of carbonyl (C=O) groups excluding carboxylic acids is 1. The minimum Gasteiger partial charge on any atom is -0.497 e. The Morgan fingerprint density at radius 1 is 1.15 bits per heavy atom. The zero-order valence-electron chi connectivity index (χ0n) is 14.8. The number of hydrogen-bond acceptors (Lipinski definition) is 5. The highest BCUT2D eigenvalue weighted by molar-refractivity contribution is 7.16. The Labute approximate surface area is 155 Å². The molecule has 0 spiro atoms. The van der Waals surface area contributed by atoms with Gasteiger partial charge in [-0.15, -0.1) is 0 Å².